The number of pyridine rings is 1. The molecule has 204 valence electrons. The fourth-order valence-electron chi connectivity index (χ4n) is 5.50. The van der Waals surface area contributed by atoms with Crippen molar-refractivity contribution in [2.75, 3.05) is 0 Å². The molecule has 2 atom stereocenters. The maximum Gasteiger partial charge on any atom is 0.151 e. The van der Waals surface area contributed by atoms with E-state index < -0.39 is 0 Å². The normalized spacial score (nSPS) is 13.2. The van der Waals surface area contributed by atoms with E-state index in [2.05, 4.69) is 27.7 Å². The predicted octanol–water partition coefficient (Wildman–Crippen LogP) is 9.48. The van der Waals surface area contributed by atoms with E-state index in [-0.39, 0.29) is 11.6 Å². The number of hydrogen-bond acceptors (Lipinski definition) is 2. The lowest BCUT2D eigenvalue weighted by molar-refractivity contribution is 0.112. The van der Waals surface area contributed by atoms with Gasteiger partial charge in [0, 0.05) is 11.3 Å². The number of carbonyl (C=O) groups is 1. The third-order valence-electron chi connectivity index (χ3n) is 7.34. The van der Waals surface area contributed by atoms with Crippen LogP contribution in [0.3, 0.4) is 0 Å². The fraction of sp³-hybridized carbons (Fsp3) is 0.471. The molecule has 0 saturated heterocycles. The van der Waals surface area contributed by atoms with E-state index in [0.717, 1.165) is 69.0 Å². The summed E-state index contributed by atoms with van der Waals surface area (Å²) in [6.07, 6.45) is 8.54. The molecule has 2 aromatic carbocycles. The van der Waals surface area contributed by atoms with Crippen LogP contribution >= 0.6 is 0 Å². The molecule has 0 aliphatic carbocycles. The van der Waals surface area contributed by atoms with Gasteiger partial charge in [-0.1, -0.05) is 52.0 Å². The van der Waals surface area contributed by atoms with Crippen LogP contribution in [-0.4, -0.2) is 11.3 Å². The first-order valence-corrected chi connectivity index (χ1v) is 14.2. The summed E-state index contributed by atoms with van der Waals surface area (Å²) in [5, 5.41) is 0. The molecule has 2 nitrogen and oxygen atoms in total. The van der Waals surface area contributed by atoms with E-state index in [1.54, 1.807) is 24.3 Å². The molecule has 0 aliphatic rings. The van der Waals surface area contributed by atoms with Gasteiger partial charge in [0.15, 0.2) is 6.29 Å². The van der Waals surface area contributed by atoms with Crippen molar-refractivity contribution in [3.63, 3.8) is 0 Å². The van der Waals surface area contributed by atoms with Crippen LogP contribution in [0, 0.1) is 23.5 Å². The van der Waals surface area contributed by atoms with Crippen LogP contribution in [0.1, 0.15) is 111 Å². The highest BCUT2D eigenvalue weighted by molar-refractivity contribution is 5.76. The Bertz CT molecular complexity index is 1120. The standard InChI is InChI=1S/C34H43F2NO/c1-24(2)21-28(26-11-16-31(35)17-12-26)7-5-9-33-20-15-30(23-38)34(37-33)10-6-8-29(22-25(3)4)27-13-18-32(36)19-14-27/h11-20,23-25,28-29H,5-10,21-22H2,1-4H3. The van der Waals surface area contributed by atoms with Gasteiger partial charge < -0.3 is 0 Å². The van der Waals surface area contributed by atoms with Gasteiger partial charge in [-0.3, -0.25) is 9.78 Å². The van der Waals surface area contributed by atoms with Gasteiger partial charge in [-0.05, 0) is 123 Å². The van der Waals surface area contributed by atoms with E-state index in [1.807, 2.05) is 36.4 Å². The van der Waals surface area contributed by atoms with Crippen molar-refractivity contribution in [3.05, 3.63) is 100 Å². The van der Waals surface area contributed by atoms with Gasteiger partial charge in [-0.15, -0.1) is 0 Å². The molecule has 0 aliphatic heterocycles. The summed E-state index contributed by atoms with van der Waals surface area (Å²) in [6.45, 7) is 8.89. The second-order valence-electron chi connectivity index (χ2n) is 11.5. The number of halogens is 2. The van der Waals surface area contributed by atoms with Gasteiger partial charge in [0.05, 0.1) is 5.69 Å². The Morgan fingerprint density at radius 1 is 0.684 bits per heavy atom. The SMILES string of the molecule is CC(C)CC(CCCc1ccc(C=O)c(CCCC(CC(C)C)c2ccc(F)cc2)n1)c1ccc(F)cc1. The number of rotatable bonds is 15. The molecule has 2 unspecified atom stereocenters. The Balaban J connectivity index is 1.61. The van der Waals surface area contributed by atoms with Crippen LogP contribution in [0.15, 0.2) is 60.7 Å². The fourth-order valence-corrected chi connectivity index (χ4v) is 5.50. The summed E-state index contributed by atoms with van der Waals surface area (Å²) < 4.78 is 26.9. The summed E-state index contributed by atoms with van der Waals surface area (Å²) in [4.78, 5) is 16.6. The average Bonchev–Trinajstić information content (AvgIpc) is 2.88. The molecule has 0 spiro atoms. The predicted molar refractivity (Wildman–Crippen MR) is 153 cm³/mol. The first-order chi connectivity index (χ1) is 18.2. The maximum atomic E-state index is 13.4. The number of hydrogen-bond donors (Lipinski definition) is 0. The van der Waals surface area contributed by atoms with Gasteiger partial charge in [0.2, 0.25) is 0 Å². The summed E-state index contributed by atoms with van der Waals surface area (Å²) in [5.41, 5.74) is 4.93. The number of benzene rings is 2. The van der Waals surface area contributed by atoms with Crippen LogP contribution in [0.2, 0.25) is 0 Å². The zero-order valence-corrected chi connectivity index (χ0v) is 23.4. The topological polar surface area (TPSA) is 30.0 Å². The number of carbonyl (C=O) groups excluding carboxylic acids is 1. The van der Waals surface area contributed by atoms with Crippen LogP contribution in [0.25, 0.3) is 0 Å². The Hall–Kier alpha value is -2.88. The molecule has 0 radical (unpaired) electrons. The van der Waals surface area contributed by atoms with Gasteiger partial charge in [-0.2, -0.15) is 0 Å². The van der Waals surface area contributed by atoms with Crippen molar-refractivity contribution in [2.45, 2.75) is 90.9 Å². The lowest BCUT2D eigenvalue weighted by Crippen LogP contribution is -2.07. The maximum absolute atomic E-state index is 13.4. The summed E-state index contributed by atoms with van der Waals surface area (Å²) >= 11 is 0. The highest BCUT2D eigenvalue weighted by atomic mass is 19.1. The quantitative estimate of drug-likeness (QED) is 0.187. The highest BCUT2D eigenvalue weighted by Gasteiger charge is 2.16. The summed E-state index contributed by atoms with van der Waals surface area (Å²) in [6, 6.07) is 17.7. The van der Waals surface area contributed by atoms with E-state index >= 15 is 0 Å². The molecule has 0 saturated carbocycles. The zero-order valence-electron chi connectivity index (χ0n) is 23.4. The van der Waals surface area contributed by atoms with Gasteiger partial charge >= 0.3 is 0 Å². The molecule has 0 bridgehead atoms. The minimum Gasteiger partial charge on any atom is -0.298 e. The second-order valence-corrected chi connectivity index (χ2v) is 11.5. The minimum absolute atomic E-state index is 0.197. The monoisotopic (exact) mass is 519 g/mol. The van der Waals surface area contributed by atoms with E-state index in [4.69, 9.17) is 4.98 Å². The van der Waals surface area contributed by atoms with Gasteiger partial charge in [-0.25, -0.2) is 8.78 Å². The number of aromatic nitrogens is 1. The molecular formula is C34H43F2NO. The van der Waals surface area contributed by atoms with Gasteiger partial charge in [0.25, 0.3) is 0 Å². The summed E-state index contributed by atoms with van der Waals surface area (Å²) in [5.74, 6) is 1.47. The number of aldehydes is 1. The molecule has 3 rings (SSSR count). The van der Waals surface area contributed by atoms with Crippen molar-refractivity contribution in [3.8, 4) is 0 Å². The molecular weight excluding hydrogens is 476 g/mol. The summed E-state index contributed by atoms with van der Waals surface area (Å²) in [7, 11) is 0. The molecule has 1 aromatic heterocycles. The third-order valence-corrected chi connectivity index (χ3v) is 7.34. The lowest BCUT2D eigenvalue weighted by atomic mass is 9.86. The molecule has 1 heterocycles. The Kier molecular flexibility index (Phi) is 11.6. The van der Waals surface area contributed by atoms with E-state index in [1.165, 1.54) is 11.1 Å². The number of aryl methyl sites for hydroxylation is 2. The van der Waals surface area contributed by atoms with Crippen molar-refractivity contribution in [2.24, 2.45) is 11.8 Å². The first kappa shape index (κ1) is 29.7. The Morgan fingerprint density at radius 2 is 1.16 bits per heavy atom. The van der Waals surface area contributed by atoms with Crippen LogP contribution < -0.4 is 0 Å². The van der Waals surface area contributed by atoms with E-state index in [9.17, 15) is 13.6 Å². The van der Waals surface area contributed by atoms with E-state index in [0.29, 0.717) is 29.2 Å². The zero-order chi connectivity index (χ0) is 27.5. The molecule has 38 heavy (non-hydrogen) atoms. The molecule has 3 aromatic rings. The Morgan fingerprint density at radius 3 is 1.61 bits per heavy atom. The minimum atomic E-state index is -0.207. The Labute approximate surface area is 227 Å². The first-order valence-electron chi connectivity index (χ1n) is 14.2. The van der Waals surface area contributed by atoms with Crippen LogP contribution in [-0.2, 0) is 12.8 Å². The van der Waals surface area contributed by atoms with Crippen molar-refractivity contribution >= 4 is 6.29 Å². The second kappa shape index (κ2) is 14.9. The van der Waals surface area contributed by atoms with Crippen LogP contribution in [0.5, 0.6) is 0 Å². The molecule has 0 amide bonds. The largest absolute Gasteiger partial charge is 0.298 e. The lowest BCUT2D eigenvalue weighted by Gasteiger charge is -2.20. The average molecular weight is 520 g/mol. The molecule has 0 fully saturated rings. The smallest absolute Gasteiger partial charge is 0.151 e. The highest BCUT2D eigenvalue weighted by Crippen LogP contribution is 2.31. The van der Waals surface area contributed by atoms with Gasteiger partial charge in [0.1, 0.15) is 11.6 Å². The third kappa shape index (κ3) is 9.45. The van der Waals surface area contributed by atoms with Crippen molar-refractivity contribution < 1.29 is 13.6 Å². The molecule has 4 heteroatoms. The van der Waals surface area contributed by atoms with Crippen LogP contribution in [0.4, 0.5) is 8.78 Å². The van der Waals surface area contributed by atoms with Crippen molar-refractivity contribution in [1.29, 1.82) is 0 Å². The number of nitrogens with zero attached hydrogens (tertiary/aromatic N) is 1. The van der Waals surface area contributed by atoms with Crippen molar-refractivity contribution in [1.82, 2.24) is 4.98 Å². The molecule has 0 N–H and O–H groups in total.